The SMILES string of the molecule is CS(=O)(=O)c1ccc(C(N)C2CC(N)C2)cc1. The van der Waals surface area contributed by atoms with E-state index in [4.69, 9.17) is 11.5 Å². The van der Waals surface area contributed by atoms with Gasteiger partial charge in [-0.2, -0.15) is 0 Å². The van der Waals surface area contributed by atoms with Crippen molar-refractivity contribution in [3.05, 3.63) is 29.8 Å². The zero-order valence-corrected chi connectivity index (χ0v) is 10.7. The summed E-state index contributed by atoms with van der Waals surface area (Å²) in [6, 6.07) is 7.06. The molecule has 0 bridgehead atoms. The summed E-state index contributed by atoms with van der Waals surface area (Å²) in [4.78, 5) is 0.332. The van der Waals surface area contributed by atoms with Crippen molar-refractivity contribution in [2.24, 2.45) is 17.4 Å². The van der Waals surface area contributed by atoms with Crippen LogP contribution in [0.2, 0.25) is 0 Å². The molecule has 0 radical (unpaired) electrons. The van der Waals surface area contributed by atoms with Crippen LogP contribution in [0, 0.1) is 5.92 Å². The summed E-state index contributed by atoms with van der Waals surface area (Å²) in [6.45, 7) is 0. The van der Waals surface area contributed by atoms with E-state index in [1.54, 1.807) is 24.3 Å². The second kappa shape index (κ2) is 4.40. The second-order valence-corrected chi connectivity index (χ2v) is 6.87. The van der Waals surface area contributed by atoms with Crippen molar-refractivity contribution in [2.75, 3.05) is 6.26 Å². The van der Waals surface area contributed by atoms with Crippen molar-refractivity contribution in [3.63, 3.8) is 0 Å². The van der Waals surface area contributed by atoms with E-state index in [2.05, 4.69) is 0 Å². The molecule has 17 heavy (non-hydrogen) atoms. The van der Waals surface area contributed by atoms with Gasteiger partial charge in [-0.3, -0.25) is 0 Å². The highest BCUT2D eigenvalue weighted by Gasteiger charge is 2.31. The van der Waals surface area contributed by atoms with E-state index < -0.39 is 9.84 Å². The van der Waals surface area contributed by atoms with E-state index in [1.165, 1.54) is 6.26 Å². The Morgan fingerprint density at radius 3 is 2.18 bits per heavy atom. The molecule has 1 atom stereocenters. The Balaban J connectivity index is 2.13. The Morgan fingerprint density at radius 1 is 1.24 bits per heavy atom. The lowest BCUT2D eigenvalue weighted by molar-refractivity contribution is 0.224. The van der Waals surface area contributed by atoms with Gasteiger partial charge in [-0.1, -0.05) is 12.1 Å². The molecule has 94 valence electrons. The Kier molecular flexibility index (Phi) is 3.25. The van der Waals surface area contributed by atoms with Crippen LogP contribution in [0.15, 0.2) is 29.2 Å². The van der Waals surface area contributed by atoms with Crippen molar-refractivity contribution in [1.29, 1.82) is 0 Å². The van der Waals surface area contributed by atoms with E-state index in [-0.39, 0.29) is 12.1 Å². The summed E-state index contributed by atoms with van der Waals surface area (Å²) in [6.07, 6.45) is 3.11. The topological polar surface area (TPSA) is 86.2 Å². The van der Waals surface area contributed by atoms with E-state index >= 15 is 0 Å². The van der Waals surface area contributed by atoms with Crippen LogP contribution < -0.4 is 11.5 Å². The molecule has 0 heterocycles. The van der Waals surface area contributed by atoms with Crippen LogP contribution in [0.3, 0.4) is 0 Å². The Bertz CT molecular complexity index is 490. The lowest BCUT2D eigenvalue weighted by Crippen LogP contribution is -2.41. The molecule has 0 aromatic heterocycles. The highest BCUT2D eigenvalue weighted by Crippen LogP contribution is 2.35. The zero-order chi connectivity index (χ0) is 12.6. The quantitative estimate of drug-likeness (QED) is 0.836. The summed E-state index contributed by atoms with van der Waals surface area (Å²) in [7, 11) is -3.13. The summed E-state index contributed by atoms with van der Waals surface area (Å²) >= 11 is 0. The number of hydrogen-bond acceptors (Lipinski definition) is 4. The molecule has 1 aliphatic rings. The van der Waals surface area contributed by atoms with Crippen molar-refractivity contribution in [3.8, 4) is 0 Å². The van der Waals surface area contributed by atoms with Gasteiger partial charge in [0.05, 0.1) is 4.90 Å². The molecule has 4 nitrogen and oxygen atoms in total. The van der Waals surface area contributed by atoms with Gasteiger partial charge in [-0.05, 0) is 36.5 Å². The lowest BCUT2D eigenvalue weighted by Gasteiger charge is -2.36. The maximum absolute atomic E-state index is 11.3. The van der Waals surface area contributed by atoms with Gasteiger partial charge < -0.3 is 11.5 Å². The van der Waals surface area contributed by atoms with Crippen molar-refractivity contribution in [2.45, 2.75) is 29.8 Å². The summed E-state index contributed by atoms with van der Waals surface area (Å²) in [5.41, 5.74) is 12.8. The molecule has 0 saturated heterocycles. The molecule has 1 fully saturated rings. The Hall–Kier alpha value is -0.910. The third-order valence-electron chi connectivity index (χ3n) is 3.41. The van der Waals surface area contributed by atoms with Crippen molar-refractivity contribution in [1.82, 2.24) is 0 Å². The van der Waals surface area contributed by atoms with Crippen LogP contribution in [-0.4, -0.2) is 20.7 Å². The number of benzene rings is 1. The molecule has 1 aromatic carbocycles. The molecule has 0 aliphatic heterocycles. The average molecular weight is 254 g/mol. The van der Waals surface area contributed by atoms with Gasteiger partial charge in [0.25, 0.3) is 0 Å². The Labute approximate surface area is 102 Å². The van der Waals surface area contributed by atoms with Crippen LogP contribution >= 0.6 is 0 Å². The molecule has 1 aliphatic carbocycles. The summed E-state index contributed by atoms with van der Waals surface area (Å²) in [5, 5.41) is 0. The van der Waals surface area contributed by atoms with Crippen LogP contribution in [0.25, 0.3) is 0 Å². The fourth-order valence-corrected chi connectivity index (χ4v) is 2.84. The summed E-state index contributed by atoms with van der Waals surface area (Å²) in [5.74, 6) is 0.425. The number of nitrogens with two attached hydrogens (primary N) is 2. The highest BCUT2D eigenvalue weighted by molar-refractivity contribution is 7.90. The first-order valence-electron chi connectivity index (χ1n) is 5.69. The molecule has 2 rings (SSSR count). The molecule has 1 saturated carbocycles. The molecule has 0 amide bonds. The lowest BCUT2D eigenvalue weighted by atomic mass is 9.74. The first-order chi connectivity index (χ1) is 7.88. The minimum Gasteiger partial charge on any atom is -0.328 e. The van der Waals surface area contributed by atoms with Gasteiger partial charge in [-0.15, -0.1) is 0 Å². The predicted octanol–water partition coefficient (Wildman–Crippen LogP) is 0.827. The van der Waals surface area contributed by atoms with Gasteiger partial charge in [0, 0.05) is 18.3 Å². The van der Waals surface area contributed by atoms with Crippen LogP contribution in [0.4, 0.5) is 0 Å². The van der Waals surface area contributed by atoms with E-state index in [9.17, 15) is 8.42 Å². The number of sulfone groups is 1. The van der Waals surface area contributed by atoms with Gasteiger partial charge >= 0.3 is 0 Å². The minimum absolute atomic E-state index is 0.0385. The third-order valence-corrected chi connectivity index (χ3v) is 4.54. The van der Waals surface area contributed by atoms with Crippen molar-refractivity contribution < 1.29 is 8.42 Å². The van der Waals surface area contributed by atoms with Crippen LogP contribution in [-0.2, 0) is 9.84 Å². The van der Waals surface area contributed by atoms with Gasteiger partial charge in [0.15, 0.2) is 9.84 Å². The zero-order valence-electron chi connectivity index (χ0n) is 9.84. The second-order valence-electron chi connectivity index (χ2n) is 4.86. The van der Waals surface area contributed by atoms with Gasteiger partial charge in [-0.25, -0.2) is 8.42 Å². The van der Waals surface area contributed by atoms with E-state index in [0.717, 1.165) is 18.4 Å². The maximum atomic E-state index is 11.3. The largest absolute Gasteiger partial charge is 0.328 e. The number of rotatable bonds is 3. The molecule has 1 aromatic rings. The molecule has 5 heteroatoms. The highest BCUT2D eigenvalue weighted by atomic mass is 32.2. The molecule has 4 N–H and O–H groups in total. The van der Waals surface area contributed by atoms with Crippen LogP contribution in [0.5, 0.6) is 0 Å². The minimum atomic E-state index is -3.13. The van der Waals surface area contributed by atoms with Gasteiger partial charge in [0.2, 0.25) is 0 Å². The van der Waals surface area contributed by atoms with E-state index in [1.807, 2.05) is 0 Å². The standard InChI is InChI=1S/C12H18N2O2S/c1-17(15,16)11-4-2-8(3-5-11)12(14)9-6-10(13)7-9/h2-5,9-10,12H,6-7,13-14H2,1H3. The smallest absolute Gasteiger partial charge is 0.175 e. The molecular weight excluding hydrogens is 236 g/mol. The Morgan fingerprint density at radius 2 is 1.76 bits per heavy atom. The van der Waals surface area contributed by atoms with E-state index in [0.29, 0.717) is 10.8 Å². The monoisotopic (exact) mass is 254 g/mol. The molecule has 0 spiro atoms. The van der Waals surface area contributed by atoms with Crippen LogP contribution in [0.1, 0.15) is 24.4 Å². The fraction of sp³-hybridized carbons (Fsp3) is 0.500. The first-order valence-corrected chi connectivity index (χ1v) is 7.58. The van der Waals surface area contributed by atoms with Crippen molar-refractivity contribution >= 4 is 9.84 Å². The first kappa shape index (κ1) is 12.5. The molecular formula is C12H18N2O2S. The van der Waals surface area contributed by atoms with Gasteiger partial charge in [0.1, 0.15) is 0 Å². The predicted molar refractivity (Wildman–Crippen MR) is 67.2 cm³/mol. The average Bonchev–Trinajstić information content (AvgIpc) is 2.23. The fourth-order valence-electron chi connectivity index (χ4n) is 2.21. The normalized spacial score (nSPS) is 26.3. The molecule has 1 unspecified atom stereocenters. The number of hydrogen-bond donors (Lipinski definition) is 2. The summed E-state index contributed by atoms with van der Waals surface area (Å²) < 4.78 is 22.6. The maximum Gasteiger partial charge on any atom is 0.175 e. The third kappa shape index (κ3) is 2.68.